The number of aromatic nitrogens is 2. The number of nitrogens with zero attached hydrogens (tertiary/aromatic N) is 3. The number of anilines is 1. The molecule has 1 N–H and O–H groups in total. The van der Waals surface area contributed by atoms with E-state index in [0.29, 0.717) is 11.7 Å². The molecular weight excluding hydrogens is 269 g/mol. The van der Waals surface area contributed by atoms with Gasteiger partial charge in [0.1, 0.15) is 0 Å². The molecule has 110 valence electrons. The van der Waals surface area contributed by atoms with E-state index < -0.39 is 12.0 Å². The first-order valence-electron chi connectivity index (χ1n) is 6.83. The van der Waals surface area contributed by atoms with Gasteiger partial charge in [0, 0.05) is 24.5 Å². The minimum absolute atomic E-state index is 0.275. The molecule has 7 heteroatoms. The molecule has 20 heavy (non-hydrogen) atoms. The van der Waals surface area contributed by atoms with E-state index in [-0.39, 0.29) is 5.41 Å². The standard InChI is InChI=1S/C13H17F3N4/c1-2-10-12(3-4-17-7-12)8-20(10)9-5-18-11(19-6-9)13(14,15)16/h5-6,10,17H,2-4,7-8H2,1H3. The molecule has 4 nitrogen and oxygen atoms in total. The summed E-state index contributed by atoms with van der Waals surface area (Å²) in [7, 11) is 0. The van der Waals surface area contributed by atoms with Crippen molar-refractivity contribution in [3.05, 3.63) is 18.2 Å². The maximum Gasteiger partial charge on any atom is 0.451 e. The largest absolute Gasteiger partial charge is 0.451 e. The van der Waals surface area contributed by atoms with Gasteiger partial charge < -0.3 is 10.2 Å². The Hall–Kier alpha value is -1.37. The van der Waals surface area contributed by atoms with Crippen molar-refractivity contribution in [1.29, 1.82) is 0 Å². The van der Waals surface area contributed by atoms with Crippen molar-refractivity contribution in [1.82, 2.24) is 15.3 Å². The summed E-state index contributed by atoms with van der Waals surface area (Å²) in [6, 6.07) is 0.359. The van der Waals surface area contributed by atoms with E-state index in [2.05, 4.69) is 27.1 Å². The van der Waals surface area contributed by atoms with Crippen LogP contribution in [0, 0.1) is 5.41 Å². The third-order valence-corrected chi connectivity index (χ3v) is 4.46. The number of alkyl halides is 3. The van der Waals surface area contributed by atoms with Crippen LogP contribution in [0.5, 0.6) is 0 Å². The lowest BCUT2D eigenvalue weighted by atomic mass is 9.69. The summed E-state index contributed by atoms with van der Waals surface area (Å²) in [5.41, 5.74) is 0.958. The van der Waals surface area contributed by atoms with Gasteiger partial charge in [-0.05, 0) is 19.4 Å². The Bertz CT molecular complexity index is 479. The molecule has 1 aromatic heterocycles. The van der Waals surface area contributed by atoms with Crippen molar-refractivity contribution < 1.29 is 13.2 Å². The van der Waals surface area contributed by atoms with E-state index in [1.807, 2.05) is 0 Å². The second-order valence-corrected chi connectivity index (χ2v) is 5.60. The first-order chi connectivity index (χ1) is 9.46. The zero-order valence-electron chi connectivity index (χ0n) is 11.2. The topological polar surface area (TPSA) is 41.1 Å². The molecule has 2 saturated heterocycles. The average molecular weight is 286 g/mol. The lowest BCUT2D eigenvalue weighted by Gasteiger charge is -2.57. The fraction of sp³-hybridized carbons (Fsp3) is 0.692. The quantitative estimate of drug-likeness (QED) is 0.903. The van der Waals surface area contributed by atoms with Gasteiger partial charge in [-0.3, -0.25) is 0 Å². The van der Waals surface area contributed by atoms with Gasteiger partial charge >= 0.3 is 6.18 Å². The normalized spacial score (nSPS) is 29.8. The summed E-state index contributed by atoms with van der Waals surface area (Å²) in [6.07, 6.45) is 0.196. The molecule has 0 bridgehead atoms. The molecule has 0 amide bonds. The smallest absolute Gasteiger partial charge is 0.365 e. The van der Waals surface area contributed by atoms with Crippen LogP contribution in [0.15, 0.2) is 12.4 Å². The third-order valence-electron chi connectivity index (χ3n) is 4.46. The first kappa shape index (κ1) is 13.6. The van der Waals surface area contributed by atoms with Gasteiger partial charge in [0.2, 0.25) is 5.82 Å². The van der Waals surface area contributed by atoms with Crippen LogP contribution in [0.4, 0.5) is 18.9 Å². The van der Waals surface area contributed by atoms with Crippen LogP contribution in [0.2, 0.25) is 0 Å². The summed E-state index contributed by atoms with van der Waals surface area (Å²) in [5.74, 6) is -1.08. The minimum atomic E-state index is -4.48. The Morgan fingerprint density at radius 3 is 2.60 bits per heavy atom. The van der Waals surface area contributed by atoms with E-state index in [4.69, 9.17) is 0 Å². The van der Waals surface area contributed by atoms with E-state index in [1.165, 1.54) is 12.4 Å². The summed E-state index contributed by atoms with van der Waals surface area (Å²) >= 11 is 0. The molecule has 2 unspecified atom stereocenters. The monoisotopic (exact) mass is 286 g/mol. The van der Waals surface area contributed by atoms with Gasteiger partial charge in [-0.25, -0.2) is 9.97 Å². The second-order valence-electron chi connectivity index (χ2n) is 5.60. The summed E-state index contributed by atoms with van der Waals surface area (Å²) < 4.78 is 37.4. The zero-order chi connectivity index (χ0) is 14.4. The van der Waals surface area contributed by atoms with Crippen LogP contribution >= 0.6 is 0 Å². The number of rotatable bonds is 2. The molecule has 0 radical (unpaired) electrons. The fourth-order valence-electron chi connectivity index (χ4n) is 3.50. The maximum absolute atomic E-state index is 12.5. The van der Waals surface area contributed by atoms with Crippen LogP contribution in [0.25, 0.3) is 0 Å². The van der Waals surface area contributed by atoms with Crippen LogP contribution < -0.4 is 10.2 Å². The highest BCUT2D eigenvalue weighted by Crippen LogP contribution is 2.46. The van der Waals surface area contributed by atoms with Crippen molar-refractivity contribution in [3.8, 4) is 0 Å². The molecule has 1 aromatic rings. The Kier molecular flexibility index (Phi) is 3.12. The highest BCUT2D eigenvalue weighted by atomic mass is 19.4. The van der Waals surface area contributed by atoms with Crippen LogP contribution in [-0.4, -0.2) is 35.6 Å². The molecule has 2 aliphatic rings. The molecule has 2 atom stereocenters. The molecular formula is C13H17F3N4. The molecule has 0 aromatic carbocycles. The third kappa shape index (κ3) is 2.04. The predicted molar refractivity (Wildman–Crippen MR) is 68.4 cm³/mol. The van der Waals surface area contributed by atoms with Crippen molar-refractivity contribution in [2.24, 2.45) is 5.41 Å². The lowest BCUT2D eigenvalue weighted by molar-refractivity contribution is -0.145. The predicted octanol–water partition coefficient (Wildman–Crippen LogP) is 2.07. The van der Waals surface area contributed by atoms with Crippen molar-refractivity contribution in [2.75, 3.05) is 24.5 Å². The minimum Gasteiger partial charge on any atom is -0.365 e. The Morgan fingerprint density at radius 1 is 1.40 bits per heavy atom. The second kappa shape index (κ2) is 4.58. The van der Waals surface area contributed by atoms with Crippen molar-refractivity contribution in [2.45, 2.75) is 32.0 Å². The van der Waals surface area contributed by atoms with Crippen LogP contribution in [-0.2, 0) is 6.18 Å². The number of hydrogen-bond acceptors (Lipinski definition) is 4. The SMILES string of the molecule is CCC1N(c2cnc(C(F)(F)F)nc2)CC12CCNC2. The van der Waals surface area contributed by atoms with Gasteiger partial charge in [-0.2, -0.15) is 13.2 Å². The molecule has 2 fully saturated rings. The van der Waals surface area contributed by atoms with Crippen LogP contribution in [0.1, 0.15) is 25.6 Å². The Balaban J connectivity index is 1.77. The fourth-order valence-corrected chi connectivity index (χ4v) is 3.50. The van der Waals surface area contributed by atoms with Crippen molar-refractivity contribution in [3.63, 3.8) is 0 Å². The van der Waals surface area contributed by atoms with Gasteiger partial charge in [0.25, 0.3) is 0 Å². The number of halogens is 3. The van der Waals surface area contributed by atoms with E-state index in [1.54, 1.807) is 0 Å². The molecule has 1 spiro atoms. The summed E-state index contributed by atoms with van der Waals surface area (Å²) in [6.45, 7) is 4.99. The highest BCUT2D eigenvalue weighted by molar-refractivity contribution is 5.49. The van der Waals surface area contributed by atoms with Gasteiger partial charge in [0.05, 0.1) is 18.1 Å². The van der Waals surface area contributed by atoms with Gasteiger partial charge in [-0.15, -0.1) is 0 Å². The zero-order valence-corrected chi connectivity index (χ0v) is 11.2. The maximum atomic E-state index is 12.5. The number of hydrogen-bond donors (Lipinski definition) is 1. The Morgan fingerprint density at radius 2 is 2.10 bits per heavy atom. The first-order valence-corrected chi connectivity index (χ1v) is 6.83. The number of nitrogens with one attached hydrogen (secondary N) is 1. The molecule has 0 saturated carbocycles. The summed E-state index contributed by atoms with van der Waals surface area (Å²) in [4.78, 5) is 9.00. The highest BCUT2D eigenvalue weighted by Gasteiger charge is 2.53. The summed E-state index contributed by atoms with van der Waals surface area (Å²) in [5, 5.41) is 3.37. The van der Waals surface area contributed by atoms with Crippen molar-refractivity contribution >= 4 is 5.69 Å². The van der Waals surface area contributed by atoms with E-state index >= 15 is 0 Å². The van der Waals surface area contributed by atoms with E-state index in [0.717, 1.165) is 32.5 Å². The average Bonchev–Trinajstić information content (AvgIpc) is 2.87. The molecule has 0 aliphatic carbocycles. The van der Waals surface area contributed by atoms with Crippen LogP contribution in [0.3, 0.4) is 0 Å². The van der Waals surface area contributed by atoms with E-state index in [9.17, 15) is 13.2 Å². The van der Waals surface area contributed by atoms with Gasteiger partial charge in [-0.1, -0.05) is 6.92 Å². The van der Waals surface area contributed by atoms with Gasteiger partial charge in [0.15, 0.2) is 0 Å². The molecule has 3 rings (SSSR count). The molecule has 3 heterocycles. The Labute approximate surface area is 115 Å². The molecule has 2 aliphatic heterocycles. The lowest BCUT2D eigenvalue weighted by Crippen LogP contribution is -2.65.